The summed E-state index contributed by atoms with van der Waals surface area (Å²) in [5.41, 5.74) is 0. The van der Waals surface area contributed by atoms with E-state index in [-0.39, 0.29) is 6.04 Å². The summed E-state index contributed by atoms with van der Waals surface area (Å²) in [5, 5.41) is 3.51. The molecule has 0 aromatic carbocycles. The minimum Gasteiger partial charge on any atom is -0.323 e. The van der Waals surface area contributed by atoms with Crippen molar-refractivity contribution in [2.45, 2.75) is 77.5 Å². The molecule has 2 rings (SSSR count). The number of nitrogens with one attached hydrogen (secondary N) is 1. The quantitative estimate of drug-likeness (QED) is 0.816. The number of rotatable bonds is 4. The minimum absolute atomic E-state index is 0.0138. The Kier molecular flexibility index (Phi) is 4.08. The smallest absolute Gasteiger partial charge is 0.240 e. The van der Waals surface area contributed by atoms with Crippen LogP contribution >= 0.6 is 0 Å². The van der Waals surface area contributed by atoms with Gasteiger partial charge in [0.05, 0.1) is 12.2 Å². The molecule has 3 nitrogen and oxygen atoms in total. The molecule has 0 aromatic rings. The first kappa shape index (κ1) is 12.9. The van der Waals surface area contributed by atoms with Crippen molar-refractivity contribution >= 4 is 5.91 Å². The zero-order chi connectivity index (χ0) is 12.4. The van der Waals surface area contributed by atoms with Crippen LogP contribution in [-0.2, 0) is 4.79 Å². The van der Waals surface area contributed by atoms with Crippen LogP contribution in [0.15, 0.2) is 0 Å². The lowest BCUT2D eigenvalue weighted by Gasteiger charge is -2.33. The SMILES string of the molecule is CCCC(C)N1C(=O)C(C)NC1C1CCCC1. The van der Waals surface area contributed by atoms with E-state index in [1.54, 1.807) is 0 Å². The molecule has 3 atom stereocenters. The van der Waals surface area contributed by atoms with E-state index in [0.717, 1.165) is 12.8 Å². The lowest BCUT2D eigenvalue weighted by molar-refractivity contribution is -0.132. The molecule has 1 amide bonds. The Morgan fingerprint density at radius 1 is 1.41 bits per heavy atom. The molecule has 1 saturated heterocycles. The molecule has 0 aromatic heterocycles. The molecule has 3 heteroatoms. The predicted molar refractivity (Wildman–Crippen MR) is 69.6 cm³/mol. The van der Waals surface area contributed by atoms with Crippen LogP contribution in [-0.4, -0.2) is 29.1 Å². The van der Waals surface area contributed by atoms with Crippen LogP contribution in [0.5, 0.6) is 0 Å². The number of hydrogen-bond donors (Lipinski definition) is 1. The molecule has 0 spiro atoms. The molecular formula is C14H26N2O. The van der Waals surface area contributed by atoms with Crippen molar-refractivity contribution in [2.24, 2.45) is 5.92 Å². The fourth-order valence-corrected chi connectivity index (χ4v) is 3.45. The maximum atomic E-state index is 12.3. The molecule has 98 valence electrons. The second-order valence-corrected chi connectivity index (χ2v) is 5.76. The molecule has 0 radical (unpaired) electrons. The Labute approximate surface area is 105 Å². The fourth-order valence-electron chi connectivity index (χ4n) is 3.45. The second kappa shape index (κ2) is 5.38. The molecule has 1 N–H and O–H groups in total. The summed E-state index contributed by atoms with van der Waals surface area (Å²) in [6, 6.07) is 0.399. The standard InChI is InChI=1S/C14H26N2O/c1-4-7-10(2)16-13(12-8-5-6-9-12)15-11(3)14(16)17/h10-13,15H,4-9H2,1-3H3. The van der Waals surface area contributed by atoms with Gasteiger partial charge in [-0.05, 0) is 39.0 Å². The van der Waals surface area contributed by atoms with Crippen LogP contribution in [0, 0.1) is 5.92 Å². The van der Waals surface area contributed by atoms with Gasteiger partial charge in [0.15, 0.2) is 0 Å². The van der Waals surface area contributed by atoms with E-state index in [1.807, 2.05) is 6.92 Å². The summed E-state index contributed by atoms with van der Waals surface area (Å²) < 4.78 is 0. The van der Waals surface area contributed by atoms with Crippen molar-refractivity contribution in [3.05, 3.63) is 0 Å². The highest BCUT2D eigenvalue weighted by Crippen LogP contribution is 2.33. The van der Waals surface area contributed by atoms with E-state index in [4.69, 9.17) is 0 Å². The van der Waals surface area contributed by atoms with E-state index in [9.17, 15) is 4.79 Å². The van der Waals surface area contributed by atoms with Crippen LogP contribution in [0.1, 0.15) is 59.3 Å². The van der Waals surface area contributed by atoms with Crippen LogP contribution in [0.3, 0.4) is 0 Å². The highest BCUT2D eigenvalue weighted by Gasteiger charge is 2.42. The Balaban J connectivity index is 2.09. The average molecular weight is 238 g/mol. The van der Waals surface area contributed by atoms with E-state index >= 15 is 0 Å². The predicted octanol–water partition coefficient (Wildman–Crippen LogP) is 2.51. The summed E-state index contributed by atoms with van der Waals surface area (Å²) in [5.74, 6) is 0.992. The van der Waals surface area contributed by atoms with Gasteiger partial charge in [0.2, 0.25) is 5.91 Å². The summed E-state index contributed by atoms with van der Waals surface area (Å²) in [4.78, 5) is 14.4. The number of hydrogen-bond acceptors (Lipinski definition) is 2. The topological polar surface area (TPSA) is 32.3 Å². The molecule has 1 heterocycles. The van der Waals surface area contributed by atoms with Gasteiger partial charge >= 0.3 is 0 Å². The molecule has 17 heavy (non-hydrogen) atoms. The van der Waals surface area contributed by atoms with Crippen molar-refractivity contribution in [3.63, 3.8) is 0 Å². The summed E-state index contributed by atoms with van der Waals surface area (Å²) >= 11 is 0. The molecule has 2 fully saturated rings. The van der Waals surface area contributed by atoms with Crippen molar-refractivity contribution < 1.29 is 4.79 Å². The fraction of sp³-hybridized carbons (Fsp3) is 0.929. The minimum atomic E-state index is 0.0138. The number of amides is 1. The van der Waals surface area contributed by atoms with Crippen molar-refractivity contribution in [2.75, 3.05) is 0 Å². The van der Waals surface area contributed by atoms with Crippen molar-refractivity contribution in [1.82, 2.24) is 10.2 Å². The molecule has 0 bridgehead atoms. The van der Waals surface area contributed by atoms with Gasteiger partial charge in [-0.15, -0.1) is 0 Å². The van der Waals surface area contributed by atoms with Gasteiger partial charge in [0, 0.05) is 6.04 Å². The number of nitrogens with zero attached hydrogens (tertiary/aromatic N) is 1. The summed E-state index contributed by atoms with van der Waals surface area (Å²) in [6.45, 7) is 6.39. The van der Waals surface area contributed by atoms with Gasteiger partial charge in [-0.25, -0.2) is 0 Å². The third-order valence-corrected chi connectivity index (χ3v) is 4.37. The number of carbonyl (C=O) groups is 1. The largest absolute Gasteiger partial charge is 0.323 e. The maximum Gasteiger partial charge on any atom is 0.240 e. The normalized spacial score (nSPS) is 32.4. The lowest BCUT2D eigenvalue weighted by atomic mass is 10.0. The van der Waals surface area contributed by atoms with Crippen LogP contribution in [0.4, 0.5) is 0 Å². The second-order valence-electron chi connectivity index (χ2n) is 5.76. The first-order valence-electron chi connectivity index (χ1n) is 7.23. The maximum absolute atomic E-state index is 12.3. The van der Waals surface area contributed by atoms with Gasteiger partial charge in [0.1, 0.15) is 0 Å². The van der Waals surface area contributed by atoms with E-state index < -0.39 is 0 Å². The van der Waals surface area contributed by atoms with Crippen LogP contribution in [0.2, 0.25) is 0 Å². The monoisotopic (exact) mass is 238 g/mol. The Hall–Kier alpha value is -0.570. The lowest BCUT2D eigenvalue weighted by Crippen LogP contribution is -2.47. The van der Waals surface area contributed by atoms with E-state index in [2.05, 4.69) is 24.1 Å². The Morgan fingerprint density at radius 2 is 2.06 bits per heavy atom. The molecule has 1 aliphatic heterocycles. The Bertz CT molecular complexity index is 273. The van der Waals surface area contributed by atoms with Crippen LogP contribution in [0.25, 0.3) is 0 Å². The summed E-state index contributed by atoms with van der Waals surface area (Å²) in [7, 11) is 0. The van der Waals surface area contributed by atoms with Gasteiger partial charge in [-0.1, -0.05) is 26.2 Å². The molecule has 1 saturated carbocycles. The van der Waals surface area contributed by atoms with Gasteiger partial charge in [-0.2, -0.15) is 0 Å². The Morgan fingerprint density at radius 3 is 2.65 bits per heavy atom. The van der Waals surface area contributed by atoms with E-state index in [0.29, 0.717) is 24.0 Å². The highest BCUT2D eigenvalue weighted by atomic mass is 16.2. The van der Waals surface area contributed by atoms with Gasteiger partial charge in [0.25, 0.3) is 0 Å². The van der Waals surface area contributed by atoms with Crippen molar-refractivity contribution in [1.29, 1.82) is 0 Å². The first-order valence-corrected chi connectivity index (χ1v) is 7.23. The van der Waals surface area contributed by atoms with Crippen molar-refractivity contribution in [3.8, 4) is 0 Å². The highest BCUT2D eigenvalue weighted by molar-refractivity contribution is 5.84. The molecule has 3 unspecified atom stereocenters. The van der Waals surface area contributed by atoms with Crippen LogP contribution < -0.4 is 5.32 Å². The van der Waals surface area contributed by atoms with Gasteiger partial charge < -0.3 is 4.90 Å². The zero-order valence-corrected chi connectivity index (χ0v) is 11.4. The van der Waals surface area contributed by atoms with Gasteiger partial charge in [-0.3, -0.25) is 10.1 Å². The average Bonchev–Trinajstić information content (AvgIpc) is 2.88. The van der Waals surface area contributed by atoms with E-state index in [1.165, 1.54) is 25.7 Å². The summed E-state index contributed by atoms with van der Waals surface area (Å²) in [6.07, 6.45) is 7.81. The number of carbonyl (C=O) groups excluding carboxylic acids is 1. The molecule has 2 aliphatic rings. The molecular weight excluding hydrogens is 212 g/mol. The molecule has 1 aliphatic carbocycles. The third-order valence-electron chi connectivity index (χ3n) is 4.37. The third kappa shape index (κ3) is 2.49. The zero-order valence-electron chi connectivity index (χ0n) is 11.4. The first-order chi connectivity index (χ1) is 8.15.